The van der Waals surface area contributed by atoms with Crippen LogP contribution in [0.2, 0.25) is 0 Å². The number of fused-ring (bicyclic) bond motifs is 1. The molecule has 0 bridgehead atoms. The van der Waals surface area contributed by atoms with E-state index in [1.54, 1.807) is 0 Å². The van der Waals surface area contributed by atoms with E-state index in [2.05, 4.69) is 16.0 Å². The number of carbonyl (C=O) groups excluding carboxylic acids is 1. The number of piperidine rings is 1. The lowest BCUT2D eigenvalue weighted by Crippen LogP contribution is -2.42. The highest BCUT2D eigenvalue weighted by Gasteiger charge is 2.42. The number of likely N-dealkylation sites (tertiary alicyclic amines) is 1. The van der Waals surface area contributed by atoms with Gasteiger partial charge in [0.1, 0.15) is 0 Å². The molecule has 4 rings (SSSR count). The van der Waals surface area contributed by atoms with Gasteiger partial charge in [-0.2, -0.15) is 13.2 Å². The van der Waals surface area contributed by atoms with E-state index in [1.807, 2.05) is 18.5 Å². The van der Waals surface area contributed by atoms with E-state index in [4.69, 9.17) is 19.5 Å². The molecule has 8 nitrogen and oxygen atoms in total. The average Bonchev–Trinajstić information content (AvgIpc) is 3.39. The smallest absolute Gasteiger partial charge is 0.475 e. The van der Waals surface area contributed by atoms with E-state index in [0.717, 1.165) is 45.6 Å². The molecule has 3 atom stereocenters. The third-order valence-electron chi connectivity index (χ3n) is 5.66. The van der Waals surface area contributed by atoms with Gasteiger partial charge in [-0.1, -0.05) is 6.07 Å². The van der Waals surface area contributed by atoms with Crippen LogP contribution in [0, 0.1) is 11.8 Å². The van der Waals surface area contributed by atoms with Crippen LogP contribution >= 0.6 is 0 Å². The average molecular weight is 445 g/mol. The van der Waals surface area contributed by atoms with Gasteiger partial charge in [-0.15, -0.1) is 0 Å². The van der Waals surface area contributed by atoms with Crippen LogP contribution in [0.15, 0.2) is 24.5 Å². The predicted octanol–water partition coefficient (Wildman–Crippen LogP) is 2.11. The van der Waals surface area contributed by atoms with Crippen molar-refractivity contribution >= 4 is 11.9 Å². The zero-order chi connectivity index (χ0) is 22.4. The number of hydrogen-bond donors (Lipinski definition) is 1. The number of carboxylic acids is 1. The molecule has 0 aliphatic carbocycles. The number of amides is 1. The van der Waals surface area contributed by atoms with Gasteiger partial charge in [0.25, 0.3) is 0 Å². The lowest BCUT2D eigenvalue weighted by Gasteiger charge is -2.35. The van der Waals surface area contributed by atoms with Crippen LogP contribution in [0.3, 0.4) is 0 Å². The van der Waals surface area contributed by atoms with E-state index < -0.39 is 12.1 Å². The largest absolute Gasteiger partial charge is 0.490 e. The molecule has 172 valence electrons. The van der Waals surface area contributed by atoms with Crippen molar-refractivity contribution in [2.75, 3.05) is 32.8 Å². The molecule has 1 aromatic rings. The molecule has 0 radical (unpaired) electrons. The molecule has 0 unspecified atom stereocenters. The summed E-state index contributed by atoms with van der Waals surface area (Å²) in [5.41, 5.74) is 1.26. The van der Waals surface area contributed by atoms with Gasteiger partial charge in [-0.05, 0) is 36.9 Å². The first kappa shape index (κ1) is 23.4. The number of halogens is 3. The molecular formula is C20H26F3N3O5. The quantitative estimate of drug-likeness (QED) is 0.759. The van der Waals surface area contributed by atoms with E-state index in [-0.39, 0.29) is 12.0 Å². The molecule has 0 saturated carbocycles. The maximum absolute atomic E-state index is 12.3. The minimum absolute atomic E-state index is 0.0623. The summed E-state index contributed by atoms with van der Waals surface area (Å²) < 4.78 is 37.7. The number of pyridine rings is 1. The summed E-state index contributed by atoms with van der Waals surface area (Å²) in [5.74, 6) is -1.64. The number of nitrogens with zero attached hydrogens (tertiary/aromatic N) is 3. The number of rotatable bonds is 4. The molecule has 3 aliphatic rings. The molecule has 3 aliphatic heterocycles. The maximum Gasteiger partial charge on any atom is 0.490 e. The third-order valence-corrected chi connectivity index (χ3v) is 5.66. The summed E-state index contributed by atoms with van der Waals surface area (Å²) in [7, 11) is 0. The van der Waals surface area contributed by atoms with Crippen molar-refractivity contribution in [2.45, 2.75) is 38.1 Å². The summed E-state index contributed by atoms with van der Waals surface area (Å²) in [4.78, 5) is 33.2. The van der Waals surface area contributed by atoms with Crippen molar-refractivity contribution < 1.29 is 37.4 Å². The van der Waals surface area contributed by atoms with Gasteiger partial charge in [-0.3, -0.25) is 19.5 Å². The standard InChI is InChI=1S/C18H25N3O3.C2HF3O2/c22-18(21-6-2-8-24-21)9-17-16-4-7-20(12-15(16)13-23-17)11-14-3-1-5-19-10-14;3-2(4,5)1(6)7/h1,3,5,10,15-17H,2,4,6-9,11-13H2;(H,6,7)/t15-,16-,17+;/m1./s1. The molecule has 1 N–H and O–H groups in total. The monoisotopic (exact) mass is 445 g/mol. The fourth-order valence-electron chi connectivity index (χ4n) is 4.18. The lowest BCUT2D eigenvalue weighted by atomic mass is 9.83. The first-order valence-corrected chi connectivity index (χ1v) is 10.2. The van der Waals surface area contributed by atoms with Crippen LogP contribution in [-0.4, -0.2) is 77.1 Å². The molecule has 11 heteroatoms. The summed E-state index contributed by atoms with van der Waals surface area (Å²) in [6, 6.07) is 4.12. The Morgan fingerprint density at radius 1 is 1.29 bits per heavy atom. The Hall–Kier alpha value is -2.24. The fraction of sp³-hybridized carbons (Fsp3) is 0.650. The van der Waals surface area contributed by atoms with Gasteiger partial charge in [0.05, 0.1) is 32.3 Å². The molecular weight excluding hydrogens is 419 g/mol. The Bertz CT molecular complexity index is 743. The molecule has 31 heavy (non-hydrogen) atoms. The number of aliphatic carboxylic acids is 1. The highest BCUT2D eigenvalue weighted by atomic mass is 19.4. The number of carboxylic acid groups (broad SMARTS) is 1. The molecule has 1 amide bonds. The van der Waals surface area contributed by atoms with Crippen molar-refractivity contribution in [3.63, 3.8) is 0 Å². The van der Waals surface area contributed by atoms with Gasteiger partial charge in [0.15, 0.2) is 0 Å². The normalized spacial score (nSPS) is 26.2. The Balaban J connectivity index is 0.000000339. The minimum atomic E-state index is -5.08. The maximum atomic E-state index is 12.3. The van der Waals surface area contributed by atoms with Gasteiger partial charge in [0, 0.05) is 31.4 Å². The zero-order valence-electron chi connectivity index (χ0n) is 17.0. The second-order valence-electron chi connectivity index (χ2n) is 7.87. The Labute approximate surface area is 177 Å². The topological polar surface area (TPSA) is 92.2 Å². The van der Waals surface area contributed by atoms with E-state index in [9.17, 15) is 18.0 Å². The number of carbonyl (C=O) groups is 2. The molecule has 1 aromatic heterocycles. The first-order valence-electron chi connectivity index (χ1n) is 10.2. The molecule has 3 fully saturated rings. The fourth-order valence-corrected chi connectivity index (χ4v) is 4.18. The van der Waals surface area contributed by atoms with Crippen LogP contribution < -0.4 is 0 Å². The molecule has 0 aromatic carbocycles. The van der Waals surface area contributed by atoms with Gasteiger partial charge in [-0.25, -0.2) is 9.86 Å². The predicted molar refractivity (Wildman–Crippen MR) is 101 cm³/mol. The number of alkyl halides is 3. The van der Waals surface area contributed by atoms with Crippen LogP contribution in [-0.2, 0) is 25.7 Å². The Morgan fingerprint density at radius 2 is 2.06 bits per heavy atom. The van der Waals surface area contributed by atoms with Crippen LogP contribution in [0.25, 0.3) is 0 Å². The van der Waals surface area contributed by atoms with Crippen molar-refractivity contribution in [1.82, 2.24) is 14.9 Å². The minimum Gasteiger partial charge on any atom is -0.475 e. The second kappa shape index (κ2) is 10.4. The number of hydroxylamine groups is 2. The third kappa shape index (κ3) is 6.62. The summed E-state index contributed by atoms with van der Waals surface area (Å²) >= 11 is 0. The van der Waals surface area contributed by atoms with Gasteiger partial charge in [0.2, 0.25) is 5.91 Å². The molecule has 0 spiro atoms. The van der Waals surface area contributed by atoms with E-state index >= 15 is 0 Å². The van der Waals surface area contributed by atoms with Crippen LogP contribution in [0.1, 0.15) is 24.8 Å². The van der Waals surface area contributed by atoms with E-state index in [0.29, 0.717) is 24.9 Å². The Morgan fingerprint density at radius 3 is 2.68 bits per heavy atom. The molecule has 4 heterocycles. The summed E-state index contributed by atoms with van der Waals surface area (Å²) in [5, 5.41) is 8.65. The summed E-state index contributed by atoms with van der Waals surface area (Å²) in [6.45, 7) is 5.20. The number of hydrogen-bond acceptors (Lipinski definition) is 6. The van der Waals surface area contributed by atoms with Crippen LogP contribution in [0.4, 0.5) is 13.2 Å². The SMILES string of the molecule is O=C(C[C@@H]1OC[C@H]2CN(Cc3cccnc3)CC[C@H]21)N1CCCO1.O=C(O)C(F)(F)F. The lowest BCUT2D eigenvalue weighted by molar-refractivity contribution is -0.192. The molecule has 3 saturated heterocycles. The second-order valence-corrected chi connectivity index (χ2v) is 7.87. The van der Waals surface area contributed by atoms with Gasteiger partial charge < -0.3 is 9.84 Å². The van der Waals surface area contributed by atoms with Crippen molar-refractivity contribution in [3.05, 3.63) is 30.1 Å². The zero-order valence-corrected chi connectivity index (χ0v) is 17.0. The van der Waals surface area contributed by atoms with Gasteiger partial charge >= 0.3 is 12.1 Å². The highest BCUT2D eigenvalue weighted by Crippen LogP contribution is 2.36. The highest BCUT2D eigenvalue weighted by molar-refractivity contribution is 5.75. The first-order chi connectivity index (χ1) is 14.7. The van der Waals surface area contributed by atoms with Crippen molar-refractivity contribution in [1.29, 1.82) is 0 Å². The van der Waals surface area contributed by atoms with Crippen molar-refractivity contribution in [3.8, 4) is 0 Å². The summed E-state index contributed by atoms with van der Waals surface area (Å²) in [6.07, 6.45) is 1.23. The van der Waals surface area contributed by atoms with E-state index in [1.165, 1.54) is 10.6 Å². The number of ether oxygens (including phenoxy) is 1. The van der Waals surface area contributed by atoms with Crippen LogP contribution in [0.5, 0.6) is 0 Å². The Kier molecular flexibility index (Phi) is 7.84. The number of aromatic nitrogens is 1. The van der Waals surface area contributed by atoms with Crippen molar-refractivity contribution in [2.24, 2.45) is 11.8 Å².